The van der Waals surface area contributed by atoms with Crippen molar-refractivity contribution in [3.8, 4) is 28.8 Å². The van der Waals surface area contributed by atoms with E-state index in [1.54, 1.807) is 42.5 Å². The highest BCUT2D eigenvalue weighted by atomic mass is 16.5. The standard InChI is InChI=1S/C30H28N6O4/c1-3-39-26-16-21(14-15-25(26)40-19-27(37)33-20(2)22-10-6-4-7-11-22)18-32-36-30-34-28(23-12-8-5-9-13-23)24(17-31)29(38)35-30/h4-16,18,20H,3,19H2,1-2H3,(H,33,37)(H2,34,35,36,38). The summed E-state index contributed by atoms with van der Waals surface area (Å²) in [7, 11) is 0. The van der Waals surface area contributed by atoms with E-state index in [9.17, 15) is 14.9 Å². The molecule has 0 bridgehead atoms. The SMILES string of the molecule is CCOc1cc(C=NNc2nc(-c3ccccc3)c(C#N)c(=O)[nH]2)ccc1OCC(=O)NC(C)c1ccccc1. The number of ether oxygens (including phenoxy) is 2. The minimum Gasteiger partial charge on any atom is -0.490 e. The highest BCUT2D eigenvalue weighted by Gasteiger charge is 2.14. The van der Waals surface area contributed by atoms with Crippen LogP contribution >= 0.6 is 0 Å². The molecule has 1 heterocycles. The van der Waals surface area contributed by atoms with E-state index in [4.69, 9.17) is 9.47 Å². The number of hydrazone groups is 1. The Hall–Kier alpha value is -5.43. The third-order valence-electron chi connectivity index (χ3n) is 5.77. The van der Waals surface area contributed by atoms with E-state index in [-0.39, 0.29) is 35.8 Å². The molecule has 1 amide bonds. The number of hydrogen-bond donors (Lipinski definition) is 3. The maximum Gasteiger partial charge on any atom is 0.270 e. The quantitative estimate of drug-likeness (QED) is 0.190. The summed E-state index contributed by atoms with van der Waals surface area (Å²) in [4.78, 5) is 31.7. The van der Waals surface area contributed by atoms with Crippen LogP contribution in [0.3, 0.4) is 0 Å². The number of amides is 1. The van der Waals surface area contributed by atoms with Gasteiger partial charge in [-0.2, -0.15) is 10.4 Å². The summed E-state index contributed by atoms with van der Waals surface area (Å²) in [6.07, 6.45) is 1.51. The number of carbonyl (C=O) groups is 1. The van der Waals surface area contributed by atoms with E-state index in [1.165, 1.54) is 6.21 Å². The maximum atomic E-state index is 12.4. The fourth-order valence-corrected chi connectivity index (χ4v) is 3.85. The second-order valence-corrected chi connectivity index (χ2v) is 8.61. The number of aromatic amines is 1. The summed E-state index contributed by atoms with van der Waals surface area (Å²) in [5, 5.41) is 16.5. The van der Waals surface area contributed by atoms with Gasteiger partial charge in [0.25, 0.3) is 11.5 Å². The van der Waals surface area contributed by atoms with Gasteiger partial charge in [-0.1, -0.05) is 60.7 Å². The average molecular weight is 537 g/mol. The zero-order valence-electron chi connectivity index (χ0n) is 22.0. The average Bonchev–Trinajstić information content (AvgIpc) is 2.97. The Labute approximate surface area is 231 Å². The van der Waals surface area contributed by atoms with E-state index in [0.717, 1.165) is 5.56 Å². The smallest absolute Gasteiger partial charge is 0.270 e. The predicted octanol–water partition coefficient (Wildman–Crippen LogP) is 4.41. The summed E-state index contributed by atoms with van der Waals surface area (Å²) in [5.74, 6) is 0.693. The minimum atomic E-state index is -0.573. The molecule has 0 spiro atoms. The van der Waals surface area contributed by atoms with Crippen molar-refractivity contribution in [2.45, 2.75) is 19.9 Å². The van der Waals surface area contributed by atoms with Gasteiger partial charge in [0.2, 0.25) is 5.95 Å². The van der Waals surface area contributed by atoms with Crippen molar-refractivity contribution in [2.24, 2.45) is 5.10 Å². The molecule has 1 atom stereocenters. The number of nitrogens with zero attached hydrogens (tertiary/aromatic N) is 3. The van der Waals surface area contributed by atoms with Crippen LogP contribution in [0.1, 0.15) is 36.6 Å². The van der Waals surface area contributed by atoms with E-state index >= 15 is 0 Å². The van der Waals surface area contributed by atoms with Gasteiger partial charge in [0.1, 0.15) is 11.6 Å². The second-order valence-electron chi connectivity index (χ2n) is 8.61. The second kappa shape index (κ2) is 13.4. The molecular weight excluding hydrogens is 508 g/mol. The molecule has 202 valence electrons. The third kappa shape index (κ3) is 7.11. The number of nitriles is 1. The van der Waals surface area contributed by atoms with Crippen LogP contribution in [-0.2, 0) is 4.79 Å². The first-order chi connectivity index (χ1) is 19.5. The number of carbonyl (C=O) groups excluding carboxylic acids is 1. The van der Waals surface area contributed by atoms with Gasteiger partial charge in [-0.05, 0) is 43.2 Å². The monoisotopic (exact) mass is 536 g/mol. The van der Waals surface area contributed by atoms with Crippen molar-refractivity contribution in [3.63, 3.8) is 0 Å². The van der Waals surface area contributed by atoms with Gasteiger partial charge in [0.15, 0.2) is 18.1 Å². The molecule has 10 heteroatoms. The molecule has 0 aliphatic carbocycles. The fraction of sp³-hybridized carbons (Fsp3) is 0.167. The molecule has 0 saturated carbocycles. The van der Waals surface area contributed by atoms with Crippen molar-refractivity contribution < 1.29 is 14.3 Å². The highest BCUT2D eigenvalue weighted by Crippen LogP contribution is 2.28. The molecule has 3 aromatic carbocycles. The molecule has 1 unspecified atom stereocenters. The largest absolute Gasteiger partial charge is 0.490 e. The Morgan fingerprint density at radius 3 is 2.50 bits per heavy atom. The van der Waals surface area contributed by atoms with Gasteiger partial charge in [-0.25, -0.2) is 10.4 Å². The van der Waals surface area contributed by atoms with Crippen molar-refractivity contribution in [1.29, 1.82) is 5.26 Å². The van der Waals surface area contributed by atoms with Crippen molar-refractivity contribution in [3.05, 3.63) is 106 Å². The van der Waals surface area contributed by atoms with Gasteiger partial charge < -0.3 is 14.8 Å². The van der Waals surface area contributed by atoms with Crippen LogP contribution in [0.5, 0.6) is 11.5 Å². The molecule has 4 aromatic rings. The van der Waals surface area contributed by atoms with Crippen molar-refractivity contribution >= 4 is 18.1 Å². The van der Waals surface area contributed by atoms with Crippen LogP contribution in [0.15, 0.2) is 88.8 Å². The lowest BCUT2D eigenvalue weighted by Gasteiger charge is -2.16. The normalized spacial score (nSPS) is 11.4. The molecular formula is C30H28N6O4. The summed E-state index contributed by atoms with van der Waals surface area (Å²) < 4.78 is 11.4. The number of hydrogen-bond acceptors (Lipinski definition) is 8. The number of benzene rings is 3. The Balaban J connectivity index is 1.42. The van der Waals surface area contributed by atoms with Gasteiger partial charge in [-0.3, -0.25) is 14.6 Å². The summed E-state index contributed by atoms with van der Waals surface area (Å²) in [5.41, 5.74) is 4.61. The first kappa shape index (κ1) is 27.6. The fourth-order valence-electron chi connectivity index (χ4n) is 3.85. The molecule has 0 saturated heterocycles. The number of rotatable bonds is 11. The Kier molecular flexibility index (Phi) is 9.24. The molecule has 0 aliphatic heterocycles. The number of nitrogens with one attached hydrogen (secondary N) is 3. The van der Waals surface area contributed by atoms with Gasteiger partial charge in [-0.15, -0.1) is 0 Å². The van der Waals surface area contributed by atoms with Gasteiger partial charge in [0.05, 0.1) is 24.6 Å². The molecule has 1 aromatic heterocycles. The van der Waals surface area contributed by atoms with E-state index in [2.05, 4.69) is 25.8 Å². The summed E-state index contributed by atoms with van der Waals surface area (Å²) in [6, 6.07) is 25.5. The Morgan fingerprint density at radius 2 is 1.80 bits per heavy atom. The molecule has 10 nitrogen and oxygen atoms in total. The Bertz CT molecular complexity index is 1580. The van der Waals surface area contributed by atoms with Crippen molar-refractivity contribution in [1.82, 2.24) is 15.3 Å². The van der Waals surface area contributed by atoms with Crippen LogP contribution in [0.2, 0.25) is 0 Å². The Morgan fingerprint density at radius 1 is 1.07 bits per heavy atom. The first-order valence-electron chi connectivity index (χ1n) is 12.6. The van der Waals surface area contributed by atoms with Gasteiger partial charge >= 0.3 is 0 Å². The molecule has 4 rings (SSSR count). The molecule has 40 heavy (non-hydrogen) atoms. The van der Waals surface area contributed by atoms with Gasteiger partial charge in [0, 0.05) is 5.56 Å². The number of anilines is 1. The summed E-state index contributed by atoms with van der Waals surface area (Å²) >= 11 is 0. The van der Waals surface area contributed by atoms with Crippen molar-refractivity contribution in [2.75, 3.05) is 18.6 Å². The van der Waals surface area contributed by atoms with E-state index in [1.807, 2.05) is 56.3 Å². The van der Waals surface area contributed by atoms with Crippen LogP contribution in [0.4, 0.5) is 5.95 Å². The zero-order valence-corrected chi connectivity index (χ0v) is 22.0. The van der Waals surface area contributed by atoms with E-state index in [0.29, 0.717) is 29.2 Å². The van der Waals surface area contributed by atoms with E-state index < -0.39 is 5.56 Å². The molecule has 0 fully saturated rings. The lowest BCUT2D eigenvalue weighted by Crippen LogP contribution is -2.31. The van der Waals surface area contributed by atoms with Crippen LogP contribution in [0, 0.1) is 11.3 Å². The molecule has 0 aliphatic rings. The highest BCUT2D eigenvalue weighted by molar-refractivity contribution is 5.82. The number of aromatic nitrogens is 2. The van der Waals surface area contributed by atoms with Crippen LogP contribution in [0.25, 0.3) is 11.3 Å². The third-order valence-corrected chi connectivity index (χ3v) is 5.77. The summed E-state index contributed by atoms with van der Waals surface area (Å²) in [6.45, 7) is 3.98. The van der Waals surface area contributed by atoms with Crippen LogP contribution in [-0.4, -0.2) is 35.3 Å². The lowest BCUT2D eigenvalue weighted by atomic mass is 10.1. The number of H-pyrrole nitrogens is 1. The molecule has 0 radical (unpaired) electrons. The predicted molar refractivity (Wildman–Crippen MR) is 152 cm³/mol. The van der Waals surface area contributed by atoms with Crippen LogP contribution < -0.4 is 25.8 Å². The topological polar surface area (TPSA) is 141 Å². The first-order valence-corrected chi connectivity index (χ1v) is 12.6. The maximum absolute atomic E-state index is 12.4. The minimum absolute atomic E-state index is 0.0825. The zero-order chi connectivity index (χ0) is 28.3. The molecule has 3 N–H and O–H groups in total. The lowest BCUT2D eigenvalue weighted by molar-refractivity contribution is -0.123.